The predicted molar refractivity (Wildman–Crippen MR) is 97.2 cm³/mol. The molecule has 0 unspecified atom stereocenters. The van der Waals surface area contributed by atoms with Crippen molar-refractivity contribution in [3.05, 3.63) is 59.4 Å². The van der Waals surface area contributed by atoms with E-state index in [2.05, 4.69) is 10.4 Å². The first-order valence-corrected chi connectivity index (χ1v) is 8.23. The Balaban J connectivity index is 2.01. The second kappa shape index (κ2) is 7.55. The van der Waals surface area contributed by atoms with Crippen LogP contribution in [-0.4, -0.2) is 40.5 Å². The molecule has 0 bridgehead atoms. The maximum absolute atomic E-state index is 12.6. The monoisotopic (exact) mass is 358 g/mol. The van der Waals surface area contributed by atoms with Gasteiger partial charge >= 0.3 is 0 Å². The van der Waals surface area contributed by atoms with E-state index in [1.807, 2.05) is 42.1 Å². The predicted octanol–water partition coefficient (Wildman–Crippen LogP) is 2.91. The molecule has 0 atom stereocenters. The zero-order valence-corrected chi connectivity index (χ0v) is 14.8. The molecular weight excluding hydrogens is 340 g/mol. The topological polar surface area (TPSA) is 61.1 Å². The van der Waals surface area contributed by atoms with Crippen LogP contribution in [0.1, 0.15) is 10.5 Å². The Kier molecular flexibility index (Phi) is 5.21. The standard InChI is InChI=1S/C18H19ClN4O2/c1-22-10-3-4-16(22)15-12-17(18(24)20-9-11-25-2)23(21-15)14-7-5-13(19)6-8-14/h3-8,10,12H,9,11H2,1-2H3,(H,20,24). The number of hydrogen-bond acceptors (Lipinski definition) is 3. The molecule has 3 aromatic rings. The van der Waals surface area contributed by atoms with Crippen molar-refractivity contribution in [1.82, 2.24) is 19.7 Å². The highest BCUT2D eigenvalue weighted by Gasteiger charge is 2.18. The van der Waals surface area contributed by atoms with E-state index in [1.54, 1.807) is 30.0 Å². The van der Waals surface area contributed by atoms with Gasteiger partial charge in [0.2, 0.25) is 0 Å². The molecule has 0 spiro atoms. The molecule has 2 heterocycles. The fourth-order valence-electron chi connectivity index (χ4n) is 2.53. The van der Waals surface area contributed by atoms with E-state index in [9.17, 15) is 4.79 Å². The second-order valence-electron chi connectivity index (χ2n) is 5.56. The van der Waals surface area contributed by atoms with E-state index in [0.29, 0.717) is 23.9 Å². The SMILES string of the molecule is COCCNC(=O)c1cc(-c2cccn2C)nn1-c1ccc(Cl)cc1. The molecule has 0 aliphatic carbocycles. The average Bonchev–Trinajstić information content (AvgIpc) is 3.22. The number of methoxy groups -OCH3 is 1. The lowest BCUT2D eigenvalue weighted by Crippen LogP contribution is -2.28. The first-order valence-electron chi connectivity index (χ1n) is 7.85. The summed E-state index contributed by atoms with van der Waals surface area (Å²) in [6.07, 6.45) is 1.94. The minimum absolute atomic E-state index is 0.208. The fourth-order valence-corrected chi connectivity index (χ4v) is 2.66. The molecule has 25 heavy (non-hydrogen) atoms. The van der Waals surface area contributed by atoms with Crippen LogP contribution in [0.2, 0.25) is 5.02 Å². The number of amides is 1. The lowest BCUT2D eigenvalue weighted by atomic mass is 10.2. The zero-order chi connectivity index (χ0) is 17.8. The van der Waals surface area contributed by atoms with Crippen LogP contribution in [0, 0.1) is 0 Å². The van der Waals surface area contributed by atoms with E-state index in [-0.39, 0.29) is 5.91 Å². The third-order valence-corrected chi connectivity index (χ3v) is 4.06. The van der Waals surface area contributed by atoms with Gasteiger partial charge in [-0.15, -0.1) is 0 Å². The first kappa shape index (κ1) is 17.3. The number of hydrogen-bond donors (Lipinski definition) is 1. The number of benzene rings is 1. The molecular formula is C18H19ClN4O2. The van der Waals surface area contributed by atoms with Crippen LogP contribution in [0.4, 0.5) is 0 Å². The molecule has 7 heteroatoms. The molecule has 130 valence electrons. The summed E-state index contributed by atoms with van der Waals surface area (Å²) in [4.78, 5) is 12.6. The molecule has 0 aliphatic heterocycles. The van der Waals surface area contributed by atoms with Gasteiger partial charge in [-0.2, -0.15) is 5.10 Å². The highest BCUT2D eigenvalue weighted by atomic mass is 35.5. The highest BCUT2D eigenvalue weighted by Crippen LogP contribution is 2.22. The van der Waals surface area contributed by atoms with Crippen LogP contribution in [0.25, 0.3) is 17.1 Å². The summed E-state index contributed by atoms with van der Waals surface area (Å²) >= 11 is 5.97. The molecule has 0 radical (unpaired) electrons. The van der Waals surface area contributed by atoms with Gasteiger partial charge in [-0.25, -0.2) is 4.68 Å². The Hall–Kier alpha value is -2.57. The number of halogens is 1. The summed E-state index contributed by atoms with van der Waals surface area (Å²) in [6, 6.07) is 12.9. The van der Waals surface area contributed by atoms with Crippen LogP contribution >= 0.6 is 11.6 Å². The Morgan fingerprint density at radius 1 is 1.28 bits per heavy atom. The van der Waals surface area contributed by atoms with Crippen LogP contribution in [-0.2, 0) is 11.8 Å². The number of carbonyl (C=O) groups is 1. The molecule has 0 saturated carbocycles. The minimum Gasteiger partial charge on any atom is -0.383 e. The molecule has 0 saturated heterocycles. The Bertz CT molecular complexity index is 868. The van der Waals surface area contributed by atoms with Crippen LogP contribution in [0.15, 0.2) is 48.7 Å². The maximum atomic E-state index is 12.6. The third-order valence-electron chi connectivity index (χ3n) is 3.81. The number of nitrogens with zero attached hydrogens (tertiary/aromatic N) is 3. The molecule has 3 rings (SSSR count). The molecule has 6 nitrogen and oxygen atoms in total. The lowest BCUT2D eigenvalue weighted by Gasteiger charge is -2.08. The molecule has 0 aliphatic rings. The summed E-state index contributed by atoms with van der Waals surface area (Å²) in [5.74, 6) is -0.208. The van der Waals surface area contributed by atoms with E-state index in [0.717, 1.165) is 17.1 Å². The van der Waals surface area contributed by atoms with Gasteiger partial charge in [0, 0.05) is 31.9 Å². The summed E-state index contributed by atoms with van der Waals surface area (Å²) in [6.45, 7) is 0.881. The quantitative estimate of drug-likeness (QED) is 0.689. The summed E-state index contributed by atoms with van der Waals surface area (Å²) in [7, 11) is 3.53. The number of rotatable bonds is 6. The van der Waals surface area contributed by atoms with Gasteiger partial charge in [0.15, 0.2) is 0 Å². The second-order valence-corrected chi connectivity index (χ2v) is 5.99. The summed E-state index contributed by atoms with van der Waals surface area (Å²) in [5.41, 5.74) is 2.87. The summed E-state index contributed by atoms with van der Waals surface area (Å²) in [5, 5.41) is 8.09. The lowest BCUT2D eigenvalue weighted by molar-refractivity contribution is 0.0929. The Labute approximate surface area is 151 Å². The Morgan fingerprint density at radius 3 is 2.68 bits per heavy atom. The van der Waals surface area contributed by atoms with Gasteiger partial charge in [-0.3, -0.25) is 4.79 Å². The van der Waals surface area contributed by atoms with Crippen molar-refractivity contribution in [3.8, 4) is 17.1 Å². The van der Waals surface area contributed by atoms with E-state index < -0.39 is 0 Å². The average molecular weight is 359 g/mol. The largest absolute Gasteiger partial charge is 0.383 e. The molecule has 1 amide bonds. The summed E-state index contributed by atoms with van der Waals surface area (Å²) < 4.78 is 8.57. The number of nitrogens with one attached hydrogen (secondary N) is 1. The van der Waals surface area contributed by atoms with Crippen molar-refractivity contribution in [2.24, 2.45) is 7.05 Å². The van der Waals surface area contributed by atoms with E-state index in [1.165, 1.54) is 0 Å². The van der Waals surface area contributed by atoms with Crippen molar-refractivity contribution in [1.29, 1.82) is 0 Å². The van der Waals surface area contributed by atoms with Gasteiger partial charge < -0.3 is 14.6 Å². The first-order chi connectivity index (χ1) is 12.1. The number of carbonyl (C=O) groups excluding carboxylic acids is 1. The number of aryl methyl sites for hydroxylation is 1. The smallest absolute Gasteiger partial charge is 0.270 e. The van der Waals surface area contributed by atoms with Crippen molar-refractivity contribution in [2.75, 3.05) is 20.3 Å². The van der Waals surface area contributed by atoms with Gasteiger partial charge in [0.25, 0.3) is 5.91 Å². The molecule has 2 aromatic heterocycles. The third kappa shape index (κ3) is 3.75. The van der Waals surface area contributed by atoms with Crippen LogP contribution < -0.4 is 5.32 Å². The van der Waals surface area contributed by atoms with E-state index in [4.69, 9.17) is 16.3 Å². The molecule has 1 aromatic carbocycles. The van der Waals surface area contributed by atoms with Gasteiger partial charge in [0.1, 0.15) is 11.4 Å². The molecule has 1 N–H and O–H groups in total. The van der Waals surface area contributed by atoms with E-state index >= 15 is 0 Å². The van der Waals surface area contributed by atoms with Crippen LogP contribution in [0.3, 0.4) is 0 Å². The van der Waals surface area contributed by atoms with Crippen molar-refractivity contribution >= 4 is 17.5 Å². The Morgan fingerprint density at radius 2 is 2.04 bits per heavy atom. The van der Waals surface area contributed by atoms with Crippen LogP contribution in [0.5, 0.6) is 0 Å². The number of ether oxygens (including phenoxy) is 1. The van der Waals surface area contributed by atoms with Crippen molar-refractivity contribution in [2.45, 2.75) is 0 Å². The molecule has 0 fully saturated rings. The minimum atomic E-state index is -0.208. The van der Waals surface area contributed by atoms with Gasteiger partial charge in [-0.05, 0) is 42.5 Å². The van der Waals surface area contributed by atoms with Crippen molar-refractivity contribution < 1.29 is 9.53 Å². The maximum Gasteiger partial charge on any atom is 0.270 e. The highest BCUT2D eigenvalue weighted by molar-refractivity contribution is 6.30. The fraction of sp³-hybridized carbons (Fsp3) is 0.222. The normalized spacial score (nSPS) is 10.8. The zero-order valence-electron chi connectivity index (χ0n) is 14.1. The number of aromatic nitrogens is 3. The van der Waals surface area contributed by atoms with Gasteiger partial charge in [-0.1, -0.05) is 11.6 Å². The van der Waals surface area contributed by atoms with Crippen molar-refractivity contribution in [3.63, 3.8) is 0 Å². The van der Waals surface area contributed by atoms with Gasteiger partial charge in [0.05, 0.1) is 18.0 Å².